The normalized spacial score (nSPS) is 19.2. The molecule has 0 radical (unpaired) electrons. The number of piperidine rings is 1. The van der Waals surface area contributed by atoms with E-state index in [2.05, 4.69) is 10.3 Å². The molecule has 2 aromatic rings. The Morgan fingerprint density at radius 2 is 2.11 bits per heavy atom. The number of nitrogens with zero attached hydrogens (tertiary/aromatic N) is 3. The van der Waals surface area contributed by atoms with Crippen LogP contribution in [-0.4, -0.2) is 54.6 Å². The number of benzene rings is 1. The smallest absolute Gasteiger partial charge is 0.225 e. The number of hydrogen-bond donors (Lipinski definition) is 1. The lowest BCUT2D eigenvalue weighted by Gasteiger charge is -2.31. The van der Waals surface area contributed by atoms with Gasteiger partial charge in [-0.1, -0.05) is 18.2 Å². The SMILES string of the molecule is COc1ccccc1C(NC(=O)C1CCCN(S(C)(=O)=O)C1)c1nccn1C. The van der Waals surface area contributed by atoms with Crippen molar-refractivity contribution in [3.63, 3.8) is 0 Å². The minimum Gasteiger partial charge on any atom is -0.496 e. The summed E-state index contributed by atoms with van der Waals surface area (Å²) in [6.45, 7) is 0.655. The van der Waals surface area contributed by atoms with Crippen LogP contribution in [0.25, 0.3) is 0 Å². The molecule has 0 bridgehead atoms. The third kappa shape index (κ3) is 4.36. The lowest BCUT2D eigenvalue weighted by atomic mass is 9.97. The van der Waals surface area contributed by atoms with Gasteiger partial charge in [-0.15, -0.1) is 0 Å². The average Bonchev–Trinajstić information content (AvgIpc) is 3.11. The molecular weight excluding hydrogens is 380 g/mol. The molecule has 1 aromatic carbocycles. The first-order chi connectivity index (χ1) is 13.3. The van der Waals surface area contributed by atoms with Gasteiger partial charge in [-0.3, -0.25) is 4.79 Å². The Labute approximate surface area is 165 Å². The summed E-state index contributed by atoms with van der Waals surface area (Å²) in [5.74, 6) is 0.735. The molecule has 1 aliphatic heterocycles. The standard InChI is InChI=1S/C19H26N4O4S/c1-22-12-10-20-18(22)17(15-8-4-5-9-16(15)27-2)21-19(24)14-7-6-11-23(13-14)28(3,25)26/h4-5,8-10,12,14,17H,6-7,11,13H2,1-3H3,(H,21,24). The van der Waals surface area contributed by atoms with Crippen molar-refractivity contribution in [1.29, 1.82) is 0 Å². The van der Waals surface area contributed by atoms with E-state index in [1.807, 2.05) is 42.1 Å². The van der Waals surface area contributed by atoms with Gasteiger partial charge in [-0.25, -0.2) is 17.7 Å². The van der Waals surface area contributed by atoms with Crippen molar-refractivity contribution >= 4 is 15.9 Å². The number of amides is 1. The van der Waals surface area contributed by atoms with E-state index in [1.54, 1.807) is 13.3 Å². The zero-order valence-corrected chi connectivity index (χ0v) is 17.1. The van der Waals surface area contributed by atoms with Crippen molar-refractivity contribution in [2.75, 3.05) is 26.5 Å². The number of nitrogens with one attached hydrogen (secondary N) is 1. The molecule has 2 unspecified atom stereocenters. The van der Waals surface area contributed by atoms with E-state index in [0.29, 0.717) is 31.0 Å². The second-order valence-corrected chi connectivity index (χ2v) is 9.02. The highest BCUT2D eigenvalue weighted by molar-refractivity contribution is 7.88. The summed E-state index contributed by atoms with van der Waals surface area (Å²) in [6.07, 6.45) is 5.98. The Bertz CT molecular complexity index is 941. The summed E-state index contributed by atoms with van der Waals surface area (Å²) >= 11 is 0. The van der Waals surface area contributed by atoms with Crippen LogP contribution < -0.4 is 10.1 Å². The molecule has 0 aliphatic carbocycles. The molecule has 1 saturated heterocycles. The molecule has 1 fully saturated rings. The third-order valence-corrected chi connectivity index (χ3v) is 6.35. The van der Waals surface area contributed by atoms with Crippen molar-refractivity contribution in [1.82, 2.24) is 19.2 Å². The Morgan fingerprint density at radius 3 is 2.75 bits per heavy atom. The van der Waals surface area contributed by atoms with Gasteiger partial charge in [-0.05, 0) is 18.9 Å². The number of aromatic nitrogens is 2. The summed E-state index contributed by atoms with van der Waals surface area (Å²) in [5.41, 5.74) is 0.795. The van der Waals surface area contributed by atoms with Gasteiger partial charge < -0.3 is 14.6 Å². The topological polar surface area (TPSA) is 93.5 Å². The number of aryl methyl sites for hydroxylation is 1. The van der Waals surface area contributed by atoms with E-state index in [4.69, 9.17) is 4.74 Å². The second kappa shape index (κ2) is 8.32. The molecule has 3 rings (SSSR count). The summed E-state index contributed by atoms with van der Waals surface area (Å²) in [6, 6.07) is 6.97. The predicted molar refractivity (Wildman–Crippen MR) is 105 cm³/mol. The molecule has 2 heterocycles. The number of hydrogen-bond acceptors (Lipinski definition) is 5. The van der Waals surface area contributed by atoms with E-state index < -0.39 is 22.0 Å². The molecule has 9 heteroatoms. The van der Waals surface area contributed by atoms with Gasteiger partial charge in [0.25, 0.3) is 0 Å². The fraction of sp³-hybridized carbons (Fsp3) is 0.474. The minimum atomic E-state index is -3.32. The number of methoxy groups -OCH3 is 1. The van der Waals surface area contributed by atoms with E-state index in [0.717, 1.165) is 5.56 Å². The lowest BCUT2D eigenvalue weighted by molar-refractivity contribution is -0.126. The highest BCUT2D eigenvalue weighted by Gasteiger charge is 2.32. The lowest BCUT2D eigenvalue weighted by Crippen LogP contribution is -2.46. The third-order valence-electron chi connectivity index (χ3n) is 5.08. The number of carbonyl (C=O) groups excluding carboxylic acids is 1. The molecular formula is C19H26N4O4S. The first-order valence-electron chi connectivity index (χ1n) is 9.17. The van der Waals surface area contributed by atoms with Crippen LogP contribution in [0, 0.1) is 5.92 Å². The number of para-hydroxylation sites is 1. The fourth-order valence-corrected chi connectivity index (χ4v) is 4.47. The van der Waals surface area contributed by atoms with E-state index in [-0.39, 0.29) is 12.5 Å². The van der Waals surface area contributed by atoms with Crippen molar-refractivity contribution < 1.29 is 17.9 Å². The molecule has 0 spiro atoms. The minimum absolute atomic E-state index is 0.188. The van der Waals surface area contributed by atoms with Crippen LogP contribution >= 0.6 is 0 Å². The zero-order valence-electron chi connectivity index (χ0n) is 16.3. The van der Waals surface area contributed by atoms with Gasteiger partial charge >= 0.3 is 0 Å². The van der Waals surface area contributed by atoms with Crippen LogP contribution in [0.5, 0.6) is 5.75 Å². The molecule has 0 saturated carbocycles. The van der Waals surface area contributed by atoms with Crippen LogP contribution in [0.2, 0.25) is 0 Å². The predicted octanol–water partition coefficient (Wildman–Crippen LogP) is 1.31. The summed E-state index contributed by atoms with van der Waals surface area (Å²) in [5, 5.41) is 3.07. The van der Waals surface area contributed by atoms with Crippen LogP contribution in [0.1, 0.15) is 30.3 Å². The first kappa shape index (κ1) is 20.3. The maximum Gasteiger partial charge on any atom is 0.225 e. The Kier molecular flexibility index (Phi) is 6.04. The number of imidazole rings is 1. The molecule has 152 valence electrons. The quantitative estimate of drug-likeness (QED) is 0.781. The van der Waals surface area contributed by atoms with Gasteiger partial charge in [0.15, 0.2) is 0 Å². The maximum atomic E-state index is 13.1. The zero-order chi connectivity index (χ0) is 20.3. The Hall–Kier alpha value is -2.39. The molecule has 1 N–H and O–H groups in total. The van der Waals surface area contributed by atoms with Gasteiger partial charge in [0.05, 0.1) is 19.3 Å². The van der Waals surface area contributed by atoms with Crippen LogP contribution in [0.15, 0.2) is 36.7 Å². The average molecular weight is 407 g/mol. The molecule has 1 aromatic heterocycles. The van der Waals surface area contributed by atoms with Crippen molar-refractivity contribution in [2.45, 2.75) is 18.9 Å². The number of rotatable bonds is 6. The first-order valence-corrected chi connectivity index (χ1v) is 11.0. The molecule has 1 amide bonds. The Balaban J connectivity index is 1.88. The van der Waals surface area contributed by atoms with Gasteiger partial charge in [-0.2, -0.15) is 0 Å². The van der Waals surface area contributed by atoms with Gasteiger partial charge in [0, 0.05) is 38.1 Å². The van der Waals surface area contributed by atoms with Crippen LogP contribution in [0.3, 0.4) is 0 Å². The van der Waals surface area contributed by atoms with Crippen molar-refractivity contribution in [3.05, 3.63) is 48.0 Å². The van der Waals surface area contributed by atoms with Gasteiger partial charge in [0.2, 0.25) is 15.9 Å². The van der Waals surface area contributed by atoms with E-state index in [9.17, 15) is 13.2 Å². The van der Waals surface area contributed by atoms with Crippen LogP contribution in [-0.2, 0) is 21.9 Å². The number of sulfonamides is 1. The maximum absolute atomic E-state index is 13.1. The molecule has 28 heavy (non-hydrogen) atoms. The van der Waals surface area contributed by atoms with Crippen molar-refractivity contribution in [3.8, 4) is 5.75 Å². The summed E-state index contributed by atoms with van der Waals surface area (Å²) in [4.78, 5) is 17.5. The van der Waals surface area contributed by atoms with Gasteiger partial charge in [0.1, 0.15) is 17.6 Å². The fourth-order valence-electron chi connectivity index (χ4n) is 3.56. The molecule has 1 aliphatic rings. The van der Waals surface area contributed by atoms with E-state index >= 15 is 0 Å². The number of ether oxygens (including phenoxy) is 1. The number of carbonyl (C=O) groups is 1. The monoisotopic (exact) mass is 406 g/mol. The highest BCUT2D eigenvalue weighted by Crippen LogP contribution is 2.30. The van der Waals surface area contributed by atoms with Crippen LogP contribution in [0.4, 0.5) is 0 Å². The second-order valence-electron chi connectivity index (χ2n) is 7.04. The molecule has 2 atom stereocenters. The highest BCUT2D eigenvalue weighted by atomic mass is 32.2. The summed E-state index contributed by atoms with van der Waals surface area (Å²) in [7, 11) is 0.132. The largest absolute Gasteiger partial charge is 0.496 e. The van der Waals surface area contributed by atoms with Crippen molar-refractivity contribution in [2.24, 2.45) is 13.0 Å². The Morgan fingerprint density at radius 1 is 1.36 bits per heavy atom. The van der Waals surface area contributed by atoms with E-state index in [1.165, 1.54) is 10.6 Å². The molecule has 8 nitrogen and oxygen atoms in total. The summed E-state index contributed by atoms with van der Waals surface area (Å²) < 4.78 is 32.5.